The van der Waals surface area contributed by atoms with E-state index in [9.17, 15) is 14.4 Å². The van der Waals surface area contributed by atoms with Gasteiger partial charge in [0, 0.05) is 0 Å². The van der Waals surface area contributed by atoms with E-state index in [1.807, 2.05) is 5.32 Å². The van der Waals surface area contributed by atoms with Crippen molar-refractivity contribution in [2.24, 2.45) is 11.7 Å². The van der Waals surface area contributed by atoms with E-state index in [0.29, 0.717) is 5.75 Å². The second kappa shape index (κ2) is 8.02. The first-order valence-corrected chi connectivity index (χ1v) is 6.84. The fourth-order valence-corrected chi connectivity index (χ4v) is 1.91. The van der Waals surface area contributed by atoms with Gasteiger partial charge < -0.3 is 19.9 Å². The molecule has 1 unspecified atom stereocenters. The molecule has 0 aromatic heterocycles. The molecule has 0 saturated carbocycles. The molecule has 0 aliphatic heterocycles. The second-order valence-corrected chi connectivity index (χ2v) is 4.96. The summed E-state index contributed by atoms with van der Waals surface area (Å²) < 4.78 is 15.5. The predicted octanol–water partition coefficient (Wildman–Crippen LogP) is 1.08. The van der Waals surface area contributed by atoms with Gasteiger partial charge in [-0.05, 0) is 18.1 Å². The summed E-state index contributed by atoms with van der Waals surface area (Å²) in [4.78, 5) is 35.0. The van der Waals surface area contributed by atoms with Crippen LogP contribution in [0.25, 0.3) is 0 Å². The van der Waals surface area contributed by atoms with Crippen LogP contribution in [0.5, 0.6) is 11.5 Å². The molecule has 1 atom stereocenters. The largest absolute Gasteiger partial charge is 0.493 e. The monoisotopic (exact) mass is 324 g/mol. The van der Waals surface area contributed by atoms with Gasteiger partial charge in [0.1, 0.15) is 5.56 Å². The van der Waals surface area contributed by atoms with Crippen molar-refractivity contribution in [3.63, 3.8) is 0 Å². The molecule has 0 saturated heterocycles. The molecule has 0 bridgehead atoms. The van der Waals surface area contributed by atoms with Gasteiger partial charge in [-0.3, -0.25) is 10.1 Å². The third-order valence-corrected chi connectivity index (χ3v) is 2.97. The van der Waals surface area contributed by atoms with Gasteiger partial charge >= 0.3 is 12.0 Å². The minimum Gasteiger partial charge on any atom is -0.493 e. The van der Waals surface area contributed by atoms with E-state index in [1.165, 1.54) is 20.3 Å². The molecule has 0 aliphatic carbocycles. The number of methoxy groups -OCH3 is 2. The number of hydrogen-bond donors (Lipinski definition) is 2. The molecule has 8 nitrogen and oxygen atoms in total. The van der Waals surface area contributed by atoms with E-state index in [4.69, 9.17) is 19.9 Å². The Morgan fingerprint density at radius 3 is 2.26 bits per heavy atom. The molecule has 0 fully saturated rings. The average Bonchev–Trinajstić information content (AvgIpc) is 2.50. The zero-order valence-electron chi connectivity index (χ0n) is 13.4. The van der Waals surface area contributed by atoms with Gasteiger partial charge in [-0.25, -0.2) is 9.59 Å². The highest BCUT2D eigenvalue weighted by molar-refractivity contribution is 5.99. The number of esters is 1. The molecule has 0 radical (unpaired) electrons. The summed E-state index contributed by atoms with van der Waals surface area (Å²) in [6.07, 6.45) is -1.18. The smallest absolute Gasteiger partial charge is 0.342 e. The van der Waals surface area contributed by atoms with Crippen LogP contribution in [0.15, 0.2) is 18.2 Å². The number of para-hydroxylation sites is 1. The molecular weight excluding hydrogens is 304 g/mol. The van der Waals surface area contributed by atoms with Crippen LogP contribution in [-0.4, -0.2) is 38.2 Å². The Labute approximate surface area is 133 Å². The summed E-state index contributed by atoms with van der Waals surface area (Å²) >= 11 is 0. The molecule has 1 aromatic carbocycles. The van der Waals surface area contributed by atoms with Crippen LogP contribution in [0.3, 0.4) is 0 Å². The number of ether oxygens (including phenoxy) is 3. The zero-order chi connectivity index (χ0) is 17.6. The average molecular weight is 324 g/mol. The predicted molar refractivity (Wildman–Crippen MR) is 81.3 cm³/mol. The van der Waals surface area contributed by atoms with E-state index in [1.54, 1.807) is 26.0 Å². The van der Waals surface area contributed by atoms with Crippen LogP contribution in [0.2, 0.25) is 0 Å². The number of primary amides is 1. The van der Waals surface area contributed by atoms with Gasteiger partial charge in [-0.15, -0.1) is 0 Å². The van der Waals surface area contributed by atoms with Crippen LogP contribution in [-0.2, 0) is 9.53 Å². The van der Waals surface area contributed by atoms with E-state index < -0.39 is 24.0 Å². The third kappa shape index (κ3) is 4.60. The van der Waals surface area contributed by atoms with Gasteiger partial charge in [0.25, 0.3) is 5.91 Å². The molecule has 8 heteroatoms. The third-order valence-electron chi connectivity index (χ3n) is 2.97. The topological polar surface area (TPSA) is 117 Å². The summed E-state index contributed by atoms with van der Waals surface area (Å²) in [7, 11) is 2.82. The maximum atomic E-state index is 12.3. The Kier molecular flexibility index (Phi) is 6.37. The first kappa shape index (κ1) is 18.3. The molecule has 23 heavy (non-hydrogen) atoms. The zero-order valence-corrected chi connectivity index (χ0v) is 13.4. The Morgan fingerprint density at radius 2 is 1.78 bits per heavy atom. The number of carbonyl (C=O) groups is 3. The van der Waals surface area contributed by atoms with E-state index in [2.05, 4.69) is 0 Å². The molecule has 0 heterocycles. The lowest BCUT2D eigenvalue weighted by Gasteiger charge is -2.20. The van der Waals surface area contributed by atoms with Crippen LogP contribution in [0.1, 0.15) is 24.2 Å². The number of rotatable bonds is 6. The van der Waals surface area contributed by atoms with Crippen molar-refractivity contribution in [3.8, 4) is 11.5 Å². The van der Waals surface area contributed by atoms with E-state index in [0.717, 1.165) is 0 Å². The normalized spacial score (nSPS) is 11.5. The van der Waals surface area contributed by atoms with Crippen molar-refractivity contribution >= 4 is 17.9 Å². The second-order valence-electron chi connectivity index (χ2n) is 4.96. The number of carbonyl (C=O) groups excluding carboxylic acids is 3. The van der Waals surface area contributed by atoms with Gasteiger partial charge in [0.2, 0.25) is 0 Å². The number of urea groups is 1. The molecule has 0 spiro atoms. The van der Waals surface area contributed by atoms with Crippen LogP contribution in [0.4, 0.5) is 4.79 Å². The maximum Gasteiger partial charge on any atom is 0.342 e. The lowest BCUT2D eigenvalue weighted by molar-refractivity contribution is -0.130. The SMILES string of the molecule is COc1cccc(C(=O)OC(C(=O)NC(N)=O)C(C)C)c1OC. The highest BCUT2D eigenvalue weighted by Crippen LogP contribution is 2.31. The van der Waals surface area contributed by atoms with Crippen LogP contribution >= 0.6 is 0 Å². The van der Waals surface area contributed by atoms with E-state index >= 15 is 0 Å². The molecular formula is C15H20N2O6. The summed E-state index contributed by atoms with van der Waals surface area (Å²) in [5.74, 6) is -1.39. The van der Waals surface area contributed by atoms with Gasteiger partial charge in [0.15, 0.2) is 17.6 Å². The quantitative estimate of drug-likeness (QED) is 0.756. The van der Waals surface area contributed by atoms with Crippen molar-refractivity contribution < 1.29 is 28.6 Å². The summed E-state index contributed by atoms with van der Waals surface area (Å²) in [5.41, 5.74) is 5.01. The molecule has 3 amide bonds. The number of amides is 3. The van der Waals surface area contributed by atoms with Gasteiger partial charge in [-0.2, -0.15) is 0 Å². The summed E-state index contributed by atoms with van der Waals surface area (Å²) in [5, 5.41) is 1.90. The lowest BCUT2D eigenvalue weighted by Crippen LogP contribution is -2.45. The van der Waals surface area contributed by atoms with Crippen molar-refractivity contribution in [2.45, 2.75) is 20.0 Å². The fraction of sp³-hybridized carbons (Fsp3) is 0.400. The fourth-order valence-electron chi connectivity index (χ4n) is 1.91. The van der Waals surface area contributed by atoms with Gasteiger partial charge in [0.05, 0.1) is 14.2 Å². The van der Waals surface area contributed by atoms with Crippen molar-refractivity contribution in [3.05, 3.63) is 23.8 Å². The highest BCUT2D eigenvalue weighted by Gasteiger charge is 2.29. The van der Waals surface area contributed by atoms with Gasteiger partial charge in [-0.1, -0.05) is 19.9 Å². The van der Waals surface area contributed by atoms with Crippen molar-refractivity contribution in [2.75, 3.05) is 14.2 Å². The number of hydrogen-bond acceptors (Lipinski definition) is 6. The van der Waals surface area contributed by atoms with Crippen molar-refractivity contribution in [1.82, 2.24) is 5.32 Å². The lowest BCUT2D eigenvalue weighted by atomic mass is 10.1. The molecule has 0 aliphatic rings. The first-order chi connectivity index (χ1) is 10.8. The molecule has 3 N–H and O–H groups in total. The number of nitrogens with one attached hydrogen (secondary N) is 1. The van der Waals surface area contributed by atoms with Crippen molar-refractivity contribution in [1.29, 1.82) is 0 Å². The number of nitrogens with two attached hydrogens (primary N) is 1. The number of imide groups is 1. The Hall–Kier alpha value is -2.77. The Balaban J connectivity index is 3.04. The minimum atomic E-state index is -1.18. The number of benzene rings is 1. The Bertz CT molecular complexity index is 600. The van der Waals surface area contributed by atoms with Crippen LogP contribution in [0, 0.1) is 5.92 Å². The minimum absolute atomic E-state index is 0.101. The van der Waals surface area contributed by atoms with Crippen LogP contribution < -0.4 is 20.5 Å². The highest BCUT2D eigenvalue weighted by atomic mass is 16.6. The van der Waals surface area contributed by atoms with E-state index in [-0.39, 0.29) is 17.2 Å². The summed E-state index contributed by atoms with van der Waals surface area (Å²) in [6.45, 7) is 3.34. The standard InChI is InChI=1S/C15H20N2O6/c1-8(2)11(13(18)17-15(16)20)23-14(19)9-6-5-7-10(21-3)12(9)22-4/h5-8,11H,1-4H3,(H3,16,17,18,20). The first-order valence-electron chi connectivity index (χ1n) is 6.84. The Morgan fingerprint density at radius 1 is 1.13 bits per heavy atom. The maximum absolute atomic E-state index is 12.3. The summed E-state index contributed by atoms with van der Waals surface area (Å²) in [6, 6.07) is 3.67. The molecule has 1 rings (SSSR count). The molecule has 126 valence electrons. The molecule has 1 aromatic rings.